The van der Waals surface area contributed by atoms with E-state index in [1.54, 1.807) is 12.1 Å². The molecule has 1 heterocycles. The van der Waals surface area contributed by atoms with Crippen molar-refractivity contribution in [2.75, 3.05) is 4.90 Å². The average molecular weight is 424 g/mol. The van der Waals surface area contributed by atoms with Gasteiger partial charge in [-0.25, -0.2) is 4.79 Å². The van der Waals surface area contributed by atoms with Crippen molar-refractivity contribution in [3.05, 3.63) is 55.7 Å². The molecule has 0 atom stereocenters. The summed E-state index contributed by atoms with van der Waals surface area (Å²) in [7, 11) is 0. The Morgan fingerprint density at radius 1 is 1.22 bits per heavy atom. The van der Waals surface area contributed by atoms with Crippen LogP contribution in [0.25, 0.3) is 5.57 Å². The van der Waals surface area contributed by atoms with Crippen LogP contribution in [0.2, 0.25) is 10.0 Å². The largest absolute Gasteiger partial charge is 0.477 e. The number of nitrogens with zero attached hydrogens (tertiary/aromatic N) is 1. The topological polar surface area (TPSA) is 57.6 Å². The molecule has 0 saturated heterocycles. The maximum absolute atomic E-state index is 13.2. The minimum atomic E-state index is -1.04. The third-order valence-corrected chi connectivity index (χ3v) is 6.16. The lowest BCUT2D eigenvalue weighted by molar-refractivity contribution is 0.0703. The second-order valence-electron chi connectivity index (χ2n) is 6.64. The van der Waals surface area contributed by atoms with E-state index in [2.05, 4.69) is 6.08 Å². The van der Waals surface area contributed by atoms with Crippen molar-refractivity contribution in [2.24, 2.45) is 0 Å². The molecule has 1 aromatic carbocycles. The van der Waals surface area contributed by atoms with Gasteiger partial charge in [-0.05, 0) is 62.9 Å². The van der Waals surface area contributed by atoms with E-state index >= 15 is 0 Å². The first-order valence-electron chi connectivity index (χ1n) is 8.64. The third kappa shape index (κ3) is 4.05. The molecule has 0 bridgehead atoms. The summed E-state index contributed by atoms with van der Waals surface area (Å²) in [6.07, 6.45) is 5.13. The fourth-order valence-corrected chi connectivity index (χ4v) is 4.73. The normalized spacial score (nSPS) is 13.7. The number of carboxylic acids is 1. The van der Waals surface area contributed by atoms with Gasteiger partial charge in [0.1, 0.15) is 4.88 Å². The standard InChI is InChI=1S/C20H19Cl2NO3S/c1-11(2)23(19(24)14-8-7-13(21)9-15(14)22)16-10-17(12-5-3-4-6-12)27-18(16)20(25)26/h5,7-11H,3-4,6H2,1-2H3,(H,25,26). The molecule has 0 unspecified atom stereocenters. The lowest BCUT2D eigenvalue weighted by atomic mass is 10.1. The number of hydrogen-bond donors (Lipinski definition) is 1. The van der Waals surface area contributed by atoms with Gasteiger partial charge in [-0.1, -0.05) is 29.3 Å². The first-order chi connectivity index (χ1) is 12.8. The molecular weight excluding hydrogens is 405 g/mol. The van der Waals surface area contributed by atoms with Crippen LogP contribution in [0.3, 0.4) is 0 Å². The van der Waals surface area contributed by atoms with Gasteiger partial charge in [0.15, 0.2) is 0 Å². The SMILES string of the molecule is CC(C)N(C(=O)c1ccc(Cl)cc1Cl)c1cc(C2=CCCC2)sc1C(=O)O. The summed E-state index contributed by atoms with van der Waals surface area (Å²) in [6.45, 7) is 3.69. The van der Waals surface area contributed by atoms with Gasteiger partial charge in [0.25, 0.3) is 5.91 Å². The maximum Gasteiger partial charge on any atom is 0.348 e. The van der Waals surface area contributed by atoms with Gasteiger partial charge in [0.2, 0.25) is 0 Å². The zero-order valence-corrected chi connectivity index (χ0v) is 17.3. The first kappa shape index (κ1) is 19.9. The Morgan fingerprint density at radius 3 is 2.52 bits per heavy atom. The summed E-state index contributed by atoms with van der Waals surface area (Å²) in [5, 5.41) is 10.4. The quantitative estimate of drug-likeness (QED) is 0.606. The monoisotopic (exact) mass is 423 g/mol. The summed E-state index contributed by atoms with van der Waals surface area (Å²) in [5.41, 5.74) is 1.84. The summed E-state index contributed by atoms with van der Waals surface area (Å²) in [6, 6.07) is 6.24. The zero-order valence-electron chi connectivity index (χ0n) is 15.0. The van der Waals surface area contributed by atoms with E-state index in [9.17, 15) is 14.7 Å². The molecule has 0 spiro atoms. The lowest BCUT2D eigenvalue weighted by Gasteiger charge is -2.27. The van der Waals surface area contributed by atoms with Gasteiger partial charge in [-0.2, -0.15) is 0 Å². The zero-order chi connectivity index (χ0) is 19.7. The van der Waals surface area contributed by atoms with Gasteiger partial charge < -0.3 is 10.0 Å². The number of carbonyl (C=O) groups excluding carboxylic acids is 1. The fourth-order valence-electron chi connectivity index (χ4n) is 3.18. The number of aromatic carboxylic acids is 1. The highest BCUT2D eigenvalue weighted by atomic mass is 35.5. The van der Waals surface area contributed by atoms with Gasteiger partial charge in [-0.3, -0.25) is 4.79 Å². The highest BCUT2D eigenvalue weighted by Gasteiger charge is 2.29. The predicted octanol–water partition coefficient (Wildman–Crippen LogP) is 6.38. The van der Waals surface area contributed by atoms with Crippen LogP contribution < -0.4 is 4.90 Å². The highest BCUT2D eigenvalue weighted by Crippen LogP contribution is 2.40. The number of carboxylic acid groups (broad SMARTS) is 1. The molecule has 1 aliphatic rings. The number of carbonyl (C=O) groups is 2. The molecule has 0 radical (unpaired) electrons. The van der Waals surface area contributed by atoms with Crippen LogP contribution in [-0.2, 0) is 0 Å². The van der Waals surface area contributed by atoms with Crippen molar-refractivity contribution in [1.29, 1.82) is 0 Å². The second-order valence-corrected chi connectivity index (χ2v) is 8.54. The minimum Gasteiger partial charge on any atom is -0.477 e. The van der Waals surface area contributed by atoms with E-state index in [4.69, 9.17) is 23.2 Å². The Kier molecular flexibility index (Phi) is 5.94. The number of hydrogen-bond acceptors (Lipinski definition) is 3. The number of allylic oxidation sites excluding steroid dienone is 2. The predicted molar refractivity (Wildman–Crippen MR) is 112 cm³/mol. The van der Waals surface area contributed by atoms with Crippen LogP contribution in [0.5, 0.6) is 0 Å². The van der Waals surface area contributed by atoms with E-state index in [1.165, 1.54) is 22.3 Å². The van der Waals surface area contributed by atoms with Gasteiger partial charge >= 0.3 is 5.97 Å². The number of benzene rings is 1. The molecule has 4 nitrogen and oxygen atoms in total. The molecule has 27 heavy (non-hydrogen) atoms. The van der Waals surface area contributed by atoms with Crippen molar-refractivity contribution in [2.45, 2.75) is 39.2 Å². The Bertz CT molecular complexity index is 933. The Labute approximate surface area is 172 Å². The van der Waals surface area contributed by atoms with Crippen LogP contribution >= 0.6 is 34.5 Å². The van der Waals surface area contributed by atoms with E-state index in [-0.39, 0.29) is 21.8 Å². The van der Waals surface area contributed by atoms with E-state index in [1.807, 2.05) is 19.9 Å². The smallest absolute Gasteiger partial charge is 0.348 e. The number of halogens is 2. The Morgan fingerprint density at radius 2 is 1.96 bits per heavy atom. The molecule has 0 aliphatic heterocycles. The summed E-state index contributed by atoms with van der Waals surface area (Å²) in [5.74, 6) is -1.39. The molecule has 1 amide bonds. The molecule has 2 aromatic rings. The van der Waals surface area contributed by atoms with Crippen LogP contribution in [0.4, 0.5) is 5.69 Å². The van der Waals surface area contributed by atoms with Crippen molar-refractivity contribution >= 4 is 57.7 Å². The van der Waals surface area contributed by atoms with Gasteiger partial charge in [0, 0.05) is 15.9 Å². The van der Waals surface area contributed by atoms with Crippen molar-refractivity contribution in [3.63, 3.8) is 0 Å². The Balaban J connectivity index is 2.09. The molecular formula is C20H19Cl2NO3S. The highest BCUT2D eigenvalue weighted by molar-refractivity contribution is 7.15. The number of anilines is 1. The molecule has 142 valence electrons. The van der Waals surface area contributed by atoms with E-state index < -0.39 is 5.97 Å². The van der Waals surface area contributed by atoms with Crippen LogP contribution in [0.15, 0.2) is 30.3 Å². The molecule has 1 aliphatic carbocycles. The molecule has 0 fully saturated rings. The summed E-state index contributed by atoms with van der Waals surface area (Å²) >= 11 is 13.4. The summed E-state index contributed by atoms with van der Waals surface area (Å²) in [4.78, 5) is 27.6. The van der Waals surface area contributed by atoms with Crippen molar-refractivity contribution in [1.82, 2.24) is 0 Å². The fraction of sp³-hybridized carbons (Fsp3) is 0.300. The molecule has 1 aromatic heterocycles. The number of rotatable bonds is 5. The number of thiophene rings is 1. The van der Waals surface area contributed by atoms with Gasteiger partial charge in [0.05, 0.1) is 16.3 Å². The lowest BCUT2D eigenvalue weighted by Crippen LogP contribution is -2.37. The molecule has 7 heteroatoms. The van der Waals surface area contributed by atoms with Crippen molar-refractivity contribution in [3.8, 4) is 0 Å². The maximum atomic E-state index is 13.2. The second kappa shape index (κ2) is 8.05. The minimum absolute atomic E-state index is 0.157. The van der Waals surface area contributed by atoms with E-state index in [0.717, 1.165) is 29.7 Å². The Hall–Kier alpha value is -1.82. The third-order valence-electron chi connectivity index (χ3n) is 4.42. The van der Waals surface area contributed by atoms with Crippen LogP contribution in [0.1, 0.15) is 58.0 Å². The van der Waals surface area contributed by atoms with Crippen LogP contribution in [-0.4, -0.2) is 23.0 Å². The summed E-state index contributed by atoms with van der Waals surface area (Å²) < 4.78 is 0. The average Bonchev–Trinajstić information content (AvgIpc) is 3.23. The number of amides is 1. The molecule has 1 N–H and O–H groups in total. The first-order valence-corrected chi connectivity index (χ1v) is 10.2. The molecule has 0 saturated carbocycles. The van der Waals surface area contributed by atoms with Crippen LogP contribution in [0, 0.1) is 0 Å². The van der Waals surface area contributed by atoms with E-state index in [0.29, 0.717) is 16.3 Å². The molecule has 3 rings (SSSR count). The van der Waals surface area contributed by atoms with Gasteiger partial charge in [-0.15, -0.1) is 11.3 Å². The van der Waals surface area contributed by atoms with Crippen molar-refractivity contribution < 1.29 is 14.7 Å².